The van der Waals surface area contributed by atoms with Crippen LogP contribution in [0.5, 0.6) is 5.75 Å². The molecule has 0 aliphatic carbocycles. The summed E-state index contributed by atoms with van der Waals surface area (Å²) in [6, 6.07) is 14.0. The van der Waals surface area contributed by atoms with Gasteiger partial charge in [-0.3, -0.25) is 0 Å². The van der Waals surface area contributed by atoms with Gasteiger partial charge < -0.3 is 19.9 Å². The van der Waals surface area contributed by atoms with Crippen LogP contribution in [0, 0.1) is 6.92 Å². The van der Waals surface area contributed by atoms with Gasteiger partial charge in [0.15, 0.2) is 9.84 Å². The number of amides is 2. The Morgan fingerprint density at radius 1 is 1.10 bits per heavy atom. The van der Waals surface area contributed by atoms with Crippen molar-refractivity contribution in [3.63, 3.8) is 0 Å². The lowest BCUT2D eigenvalue weighted by molar-refractivity contribution is 0.252. The van der Waals surface area contributed by atoms with Crippen LogP contribution < -0.4 is 15.4 Å². The summed E-state index contributed by atoms with van der Waals surface area (Å²) in [5.41, 5.74) is 2.07. The van der Waals surface area contributed by atoms with Crippen molar-refractivity contribution in [2.45, 2.75) is 18.7 Å². The number of aryl methyl sites for hydroxylation is 1. The first-order valence-electron chi connectivity index (χ1n) is 9.38. The lowest BCUT2D eigenvalue weighted by Gasteiger charge is -2.12. The van der Waals surface area contributed by atoms with Crippen molar-refractivity contribution in [3.05, 3.63) is 54.2 Å². The number of benzene rings is 2. The molecule has 0 unspecified atom stereocenters. The van der Waals surface area contributed by atoms with Crippen LogP contribution in [0.25, 0.3) is 10.9 Å². The topological polar surface area (TPSA) is 89.4 Å². The predicted octanol–water partition coefficient (Wildman–Crippen LogP) is 3.48. The number of hydrogen-bond acceptors (Lipinski definition) is 4. The molecule has 2 amide bonds. The third kappa shape index (κ3) is 4.37. The Bertz CT molecular complexity index is 1140. The molecule has 0 saturated heterocycles. The number of nitrogens with zero attached hydrogens (tertiary/aromatic N) is 1. The van der Waals surface area contributed by atoms with Crippen molar-refractivity contribution in [2.24, 2.45) is 7.05 Å². The van der Waals surface area contributed by atoms with E-state index in [9.17, 15) is 13.2 Å². The number of fused-ring (bicyclic) bond motifs is 1. The Hall–Kier alpha value is -3.00. The number of urea groups is 1. The zero-order valence-electron chi connectivity index (χ0n) is 16.7. The minimum atomic E-state index is -3.57. The quantitative estimate of drug-likeness (QED) is 0.618. The fourth-order valence-electron chi connectivity index (χ4n) is 3.30. The Kier molecular flexibility index (Phi) is 6.12. The molecule has 1 heterocycles. The number of hydrogen-bond donors (Lipinski definition) is 2. The molecular formula is C21H25N3O4S. The van der Waals surface area contributed by atoms with E-state index in [1.54, 1.807) is 31.2 Å². The first-order valence-corrected chi connectivity index (χ1v) is 11.0. The molecular weight excluding hydrogens is 390 g/mol. The van der Waals surface area contributed by atoms with Crippen LogP contribution >= 0.6 is 0 Å². The summed E-state index contributed by atoms with van der Waals surface area (Å²) >= 11 is 0. The molecule has 0 spiro atoms. The molecule has 1 aromatic heterocycles. The van der Waals surface area contributed by atoms with Crippen LogP contribution in [-0.4, -0.2) is 37.9 Å². The molecule has 0 aliphatic rings. The normalized spacial score (nSPS) is 11.4. The van der Waals surface area contributed by atoms with E-state index < -0.39 is 15.9 Å². The molecule has 8 heteroatoms. The second kappa shape index (κ2) is 8.57. The number of nitrogens with one attached hydrogen (secondary N) is 2. The Morgan fingerprint density at radius 2 is 1.79 bits per heavy atom. The van der Waals surface area contributed by atoms with Crippen molar-refractivity contribution < 1.29 is 17.9 Å². The number of ether oxygens (including phenoxy) is 1. The maximum atomic E-state index is 13.0. The lowest BCUT2D eigenvalue weighted by Crippen LogP contribution is -2.33. The minimum Gasteiger partial charge on any atom is -0.492 e. The lowest BCUT2D eigenvalue weighted by atomic mass is 10.2. The molecule has 0 fully saturated rings. The fraction of sp³-hybridized carbons (Fsp3) is 0.286. The van der Waals surface area contributed by atoms with Gasteiger partial charge in [0.1, 0.15) is 5.75 Å². The van der Waals surface area contributed by atoms with Gasteiger partial charge in [-0.05, 0) is 32.0 Å². The molecule has 0 radical (unpaired) electrons. The van der Waals surface area contributed by atoms with E-state index in [4.69, 9.17) is 4.74 Å². The molecule has 0 bridgehead atoms. The molecule has 3 rings (SSSR count). The van der Waals surface area contributed by atoms with E-state index in [1.807, 2.05) is 42.8 Å². The SMILES string of the molecule is CCOc1ccccc1NC(=O)NCCS(=O)(=O)c1c(C)n(C)c2ccccc12. The van der Waals surface area contributed by atoms with Gasteiger partial charge in [0, 0.05) is 30.2 Å². The summed E-state index contributed by atoms with van der Waals surface area (Å²) in [7, 11) is -1.72. The number of sulfone groups is 1. The summed E-state index contributed by atoms with van der Waals surface area (Å²) in [5.74, 6) is 0.367. The molecule has 2 N–H and O–H groups in total. The van der Waals surface area contributed by atoms with E-state index in [0.717, 1.165) is 5.52 Å². The maximum absolute atomic E-state index is 13.0. The van der Waals surface area contributed by atoms with Crippen molar-refractivity contribution >= 4 is 32.5 Å². The molecule has 3 aromatic rings. The highest BCUT2D eigenvalue weighted by Crippen LogP contribution is 2.29. The van der Waals surface area contributed by atoms with Gasteiger partial charge in [-0.2, -0.15) is 0 Å². The first-order chi connectivity index (χ1) is 13.8. The summed E-state index contributed by atoms with van der Waals surface area (Å²) in [6.07, 6.45) is 0. The van der Waals surface area contributed by atoms with E-state index in [-0.39, 0.29) is 12.3 Å². The summed E-state index contributed by atoms with van der Waals surface area (Å²) in [5, 5.41) is 6.00. The minimum absolute atomic E-state index is 0.00632. The van der Waals surface area contributed by atoms with Crippen molar-refractivity contribution in [1.82, 2.24) is 9.88 Å². The highest BCUT2D eigenvalue weighted by Gasteiger charge is 2.24. The Balaban J connectivity index is 1.68. The van der Waals surface area contributed by atoms with Crippen molar-refractivity contribution in [2.75, 3.05) is 24.2 Å². The van der Waals surface area contributed by atoms with Gasteiger partial charge in [-0.1, -0.05) is 30.3 Å². The third-order valence-electron chi connectivity index (χ3n) is 4.74. The van der Waals surface area contributed by atoms with Gasteiger partial charge in [-0.25, -0.2) is 13.2 Å². The molecule has 154 valence electrons. The fourth-order valence-corrected chi connectivity index (χ4v) is 4.97. The molecule has 0 aliphatic heterocycles. The third-order valence-corrected chi connectivity index (χ3v) is 6.62. The Morgan fingerprint density at radius 3 is 2.55 bits per heavy atom. The number of anilines is 1. The van der Waals surface area contributed by atoms with Crippen LogP contribution in [0.3, 0.4) is 0 Å². The van der Waals surface area contributed by atoms with Gasteiger partial charge in [0.2, 0.25) is 0 Å². The van der Waals surface area contributed by atoms with Crippen LogP contribution in [0.1, 0.15) is 12.6 Å². The highest BCUT2D eigenvalue weighted by molar-refractivity contribution is 7.91. The number of carbonyl (C=O) groups excluding carboxylic acids is 1. The average Bonchev–Trinajstić information content (AvgIpc) is 2.95. The average molecular weight is 416 g/mol. The van der Waals surface area contributed by atoms with Gasteiger partial charge >= 0.3 is 6.03 Å². The van der Waals surface area contributed by atoms with E-state index in [0.29, 0.717) is 34.0 Å². The monoisotopic (exact) mass is 415 g/mol. The predicted molar refractivity (Wildman–Crippen MR) is 114 cm³/mol. The summed E-state index contributed by atoms with van der Waals surface area (Å²) < 4.78 is 33.2. The molecule has 2 aromatic carbocycles. The van der Waals surface area contributed by atoms with Crippen LogP contribution in [-0.2, 0) is 16.9 Å². The first kappa shape index (κ1) is 20.7. The number of para-hydroxylation sites is 3. The highest BCUT2D eigenvalue weighted by atomic mass is 32.2. The Labute approximate surface area is 170 Å². The van der Waals surface area contributed by atoms with Crippen LogP contribution in [0.2, 0.25) is 0 Å². The zero-order chi connectivity index (χ0) is 21.0. The zero-order valence-corrected chi connectivity index (χ0v) is 17.5. The van der Waals surface area contributed by atoms with Crippen molar-refractivity contribution in [3.8, 4) is 5.75 Å². The molecule has 0 saturated carbocycles. The molecule has 0 atom stereocenters. The molecule has 7 nitrogen and oxygen atoms in total. The smallest absolute Gasteiger partial charge is 0.319 e. The maximum Gasteiger partial charge on any atom is 0.319 e. The van der Waals surface area contributed by atoms with Gasteiger partial charge in [0.05, 0.1) is 22.9 Å². The van der Waals surface area contributed by atoms with E-state index in [2.05, 4.69) is 10.6 Å². The number of aromatic nitrogens is 1. The number of rotatable bonds is 7. The number of carbonyl (C=O) groups is 1. The van der Waals surface area contributed by atoms with Gasteiger partial charge in [-0.15, -0.1) is 0 Å². The van der Waals surface area contributed by atoms with E-state index in [1.165, 1.54) is 0 Å². The van der Waals surface area contributed by atoms with Crippen LogP contribution in [0.4, 0.5) is 10.5 Å². The van der Waals surface area contributed by atoms with Crippen LogP contribution in [0.15, 0.2) is 53.4 Å². The summed E-state index contributed by atoms with van der Waals surface area (Å²) in [6.45, 7) is 4.12. The van der Waals surface area contributed by atoms with E-state index >= 15 is 0 Å². The second-order valence-electron chi connectivity index (χ2n) is 6.62. The largest absolute Gasteiger partial charge is 0.492 e. The summed E-state index contributed by atoms with van der Waals surface area (Å²) in [4.78, 5) is 12.5. The standard InChI is InChI=1S/C21H25N3O4S/c1-4-28-19-12-8-6-10-17(19)23-21(25)22-13-14-29(26,27)20-15(2)24(3)18-11-7-5-9-16(18)20/h5-12H,4,13-14H2,1-3H3,(H2,22,23,25). The van der Waals surface area contributed by atoms with Crippen molar-refractivity contribution in [1.29, 1.82) is 0 Å². The van der Waals surface area contributed by atoms with Gasteiger partial charge in [0.25, 0.3) is 0 Å². The second-order valence-corrected chi connectivity index (χ2v) is 8.67. The molecule has 29 heavy (non-hydrogen) atoms.